The Balaban J connectivity index is 3.26. The van der Waals surface area contributed by atoms with E-state index in [1.165, 1.54) is 0 Å². The standard InChI is InChI=1S/C7H6F2N2O4S/c8-5-2-7(11(12)13)6(9)1-4(5)3-16(10,14)15/h1-2H,3H2,(H2,10,14,15). The van der Waals surface area contributed by atoms with Gasteiger partial charge in [-0.05, 0) is 6.07 Å². The predicted molar refractivity (Wildman–Crippen MR) is 49.8 cm³/mol. The first-order valence-corrected chi connectivity index (χ1v) is 5.55. The topological polar surface area (TPSA) is 103 Å². The molecule has 9 heteroatoms. The molecule has 0 unspecified atom stereocenters. The number of primary sulfonamides is 1. The van der Waals surface area contributed by atoms with Crippen molar-refractivity contribution in [3.63, 3.8) is 0 Å². The fourth-order valence-electron chi connectivity index (χ4n) is 1.04. The Hall–Kier alpha value is -1.61. The minimum absolute atomic E-state index is 0.315. The summed E-state index contributed by atoms with van der Waals surface area (Å²) >= 11 is 0. The lowest BCUT2D eigenvalue weighted by molar-refractivity contribution is -0.387. The summed E-state index contributed by atoms with van der Waals surface area (Å²) in [6, 6.07) is 0.758. The molecule has 0 amide bonds. The van der Waals surface area contributed by atoms with Crippen LogP contribution in [0.25, 0.3) is 0 Å². The monoisotopic (exact) mass is 252 g/mol. The average Bonchev–Trinajstić information content (AvgIpc) is 2.07. The van der Waals surface area contributed by atoms with Crippen LogP contribution in [0.15, 0.2) is 12.1 Å². The van der Waals surface area contributed by atoms with Gasteiger partial charge in [0, 0.05) is 5.56 Å². The van der Waals surface area contributed by atoms with E-state index in [0.29, 0.717) is 12.1 Å². The van der Waals surface area contributed by atoms with Crippen LogP contribution in [-0.2, 0) is 15.8 Å². The van der Waals surface area contributed by atoms with Crippen molar-refractivity contribution in [2.24, 2.45) is 5.14 Å². The van der Waals surface area contributed by atoms with Crippen molar-refractivity contribution in [1.82, 2.24) is 0 Å². The molecule has 0 saturated heterocycles. The third-order valence-corrected chi connectivity index (χ3v) is 2.38. The third-order valence-electron chi connectivity index (χ3n) is 1.67. The maximum Gasteiger partial charge on any atom is 0.307 e. The fourth-order valence-corrected chi connectivity index (χ4v) is 1.70. The molecule has 0 heterocycles. The van der Waals surface area contributed by atoms with Crippen molar-refractivity contribution in [1.29, 1.82) is 0 Å². The second-order valence-electron chi connectivity index (χ2n) is 2.96. The van der Waals surface area contributed by atoms with Crippen LogP contribution >= 0.6 is 0 Å². The SMILES string of the molecule is NS(=O)(=O)Cc1cc(F)c([N+](=O)[O-])cc1F. The predicted octanol–water partition coefficient (Wildman–Crippen LogP) is 0.662. The van der Waals surface area contributed by atoms with Gasteiger partial charge in [-0.1, -0.05) is 0 Å². The molecule has 1 aromatic rings. The number of rotatable bonds is 3. The van der Waals surface area contributed by atoms with E-state index in [-0.39, 0.29) is 0 Å². The van der Waals surface area contributed by atoms with Crippen LogP contribution in [-0.4, -0.2) is 13.3 Å². The number of nitro groups is 1. The van der Waals surface area contributed by atoms with Gasteiger partial charge in [-0.15, -0.1) is 0 Å². The largest absolute Gasteiger partial charge is 0.307 e. The lowest BCUT2D eigenvalue weighted by Crippen LogP contribution is -2.15. The van der Waals surface area contributed by atoms with Crippen LogP contribution in [0.4, 0.5) is 14.5 Å². The highest BCUT2D eigenvalue weighted by Crippen LogP contribution is 2.22. The second-order valence-corrected chi connectivity index (χ2v) is 4.57. The number of hydrogen-bond donors (Lipinski definition) is 1. The Kier molecular flexibility index (Phi) is 3.19. The first kappa shape index (κ1) is 12.5. The highest BCUT2D eigenvalue weighted by atomic mass is 32.2. The molecule has 0 atom stereocenters. The fraction of sp³-hybridized carbons (Fsp3) is 0.143. The summed E-state index contributed by atoms with van der Waals surface area (Å²) in [7, 11) is -4.03. The molecule has 0 aliphatic carbocycles. The van der Waals surface area contributed by atoms with E-state index in [2.05, 4.69) is 5.14 Å². The minimum Gasteiger partial charge on any atom is -0.258 e. The molecule has 2 N–H and O–H groups in total. The number of nitrogens with zero attached hydrogens (tertiary/aromatic N) is 1. The van der Waals surface area contributed by atoms with E-state index < -0.39 is 43.6 Å². The zero-order valence-corrected chi connectivity index (χ0v) is 8.50. The molecule has 0 aliphatic rings. The molecule has 6 nitrogen and oxygen atoms in total. The Labute approximate surface area is 88.9 Å². The molecule has 0 aliphatic heterocycles. The molecule has 88 valence electrons. The molecule has 0 fully saturated rings. The molecule has 0 saturated carbocycles. The number of nitro benzene ring substituents is 1. The number of sulfonamides is 1. The Morgan fingerprint density at radius 3 is 2.31 bits per heavy atom. The smallest absolute Gasteiger partial charge is 0.258 e. The summed E-state index contributed by atoms with van der Waals surface area (Å²) in [5.74, 6) is -3.43. The van der Waals surface area contributed by atoms with E-state index in [9.17, 15) is 27.3 Å². The van der Waals surface area contributed by atoms with Gasteiger partial charge < -0.3 is 0 Å². The summed E-state index contributed by atoms with van der Waals surface area (Å²) < 4.78 is 47.4. The normalized spacial score (nSPS) is 11.4. The lowest BCUT2D eigenvalue weighted by Gasteiger charge is -2.02. The highest BCUT2D eigenvalue weighted by Gasteiger charge is 2.20. The van der Waals surface area contributed by atoms with Gasteiger partial charge in [-0.2, -0.15) is 4.39 Å². The maximum absolute atomic E-state index is 13.1. The van der Waals surface area contributed by atoms with Crippen molar-refractivity contribution in [3.8, 4) is 0 Å². The van der Waals surface area contributed by atoms with E-state index in [1.807, 2.05) is 0 Å². The summed E-state index contributed by atoms with van der Waals surface area (Å²) in [6.45, 7) is 0. The van der Waals surface area contributed by atoms with E-state index in [0.717, 1.165) is 0 Å². The van der Waals surface area contributed by atoms with Crippen LogP contribution in [0.5, 0.6) is 0 Å². The number of hydrogen-bond acceptors (Lipinski definition) is 4. The number of halogens is 2. The van der Waals surface area contributed by atoms with Crippen LogP contribution in [0.3, 0.4) is 0 Å². The van der Waals surface area contributed by atoms with E-state index in [4.69, 9.17) is 0 Å². The van der Waals surface area contributed by atoms with Crippen LogP contribution < -0.4 is 5.14 Å². The van der Waals surface area contributed by atoms with Crippen molar-refractivity contribution >= 4 is 15.7 Å². The van der Waals surface area contributed by atoms with Gasteiger partial charge >= 0.3 is 5.69 Å². The lowest BCUT2D eigenvalue weighted by atomic mass is 10.2. The zero-order chi connectivity index (χ0) is 12.5. The molecule has 1 rings (SSSR count). The first-order valence-electron chi connectivity index (χ1n) is 3.83. The summed E-state index contributed by atoms with van der Waals surface area (Å²) in [6.07, 6.45) is 0. The highest BCUT2D eigenvalue weighted by molar-refractivity contribution is 7.88. The Bertz CT molecular complexity index is 544. The molecular weight excluding hydrogens is 246 g/mol. The molecule has 0 aromatic heterocycles. The quantitative estimate of drug-likeness (QED) is 0.630. The Morgan fingerprint density at radius 2 is 1.88 bits per heavy atom. The van der Waals surface area contributed by atoms with Gasteiger partial charge in [0.25, 0.3) is 0 Å². The number of benzene rings is 1. The van der Waals surface area contributed by atoms with Gasteiger partial charge in [0.05, 0.1) is 16.7 Å². The summed E-state index contributed by atoms with van der Waals surface area (Å²) in [5.41, 5.74) is -1.61. The Morgan fingerprint density at radius 1 is 1.31 bits per heavy atom. The van der Waals surface area contributed by atoms with E-state index in [1.54, 1.807) is 0 Å². The first-order chi connectivity index (χ1) is 7.20. The van der Waals surface area contributed by atoms with Crippen molar-refractivity contribution < 1.29 is 22.1 Å². The molecule has 0 radical (unpaired) electrons. The molecule has 0 spiro atoms. The molecular formula is C7H6F2N2O4S. The van der Waals surface area contributed by atoms with Crippen LogP contribution in [0.2, 0.25) is 0 Å². The van der Waals surface area contributed by atoms with Crippen molar-refractivity contribution in [2.45, 2.75) is 5.75 Å². The van der Waals surface area contributed by atoms with Gasteiger partial charge in [0.1, 0.15) is 5.82 Å². The van der Waals surface area contributed by atoms with Gasteiger partial charge in [0.15, 0.2) is 0 Å². The van der Waals surface area contributed by atoms with Crippen molar-refractivity contribution in [3.05, 3.63) is 39.4 Å². The van der Waals surface area contributed by atoms with Gasteiger partial charge in [0.2, 0.25) is 15.8 Å². The minimum atomic E-state index is -4.03. The number of nitrogens with two attached hydrogens (primary N) is 1. The molecule has 0 bridgehead atoms. The molecule has 16 heavy (non-hydrogen) atoms. The van der Waals surface area contributed by atoms with Gasteiger partial charge in [-0.25, -0.2) is 17.9 Å². The third kappa shape index (κ3) is 2.94. The maximum atomic E-state index is 13.1. The summed E-state index contributed by atoms with van der Waals surface area (Å²) in [4.78, 5) is 9.11. The second kappa shape index (κ2) is 4.10. The van der Waals surface area contributed by atoms with E-state index >= 15 is 0 Å². The summed E-state index contributed by atoms with van der Waals surface area (Å²) in [5, 5.41) is 14.9. The average molecular weight is 252 g/mol. The van der Waals surface area contributed by atoms with Gasteiger partial charge in [-0.3, -0.25) is 10.1 Å². The van der Waals surface area contributed by atoms with Crippen LogP contribution in [0, 0.1) is 21.7 Å². The van der Waals surface area contributed by atoms with Crippen LogP contribution in [0.1, 0.15) is 5.56 Å². The van der Waals surface area contributed by atoms with Crippen molar-refractivity contribution in [2.75, 3.05) is 0 Å². The molecule has 1 aromatic carbocycles. The zero-order valence-electron chi connectivity index (χ0n) is 7.68.